The third kappa shape index (κ3) is 2.92. The van der Waals surface area contributed by atoms with Crippen molar-refractivity contribution < 1.29 is 0 Å². The molecule has 1 aliphatic rings. The Morgan fingerprint density at radius 2 is 2.00 bits per heavy atom. The van der Waals surface area contributed by atoms with Gasteiger partial charge in [0.05, 0.1) is 0 Å². The van der Waals surface area contributed by atoms with Crippen LogP contribution in [0.1, 0.15) is 34.1 Å². The van der Waals surface area contributed by atoms with Crippen molar-refractivity contribution in [3.63, 3.8) is 0 Å². The summed E-state index contributed by atoms with van der Waals surface area (Å²) in [5, 5.41) is 0. The zero-order valence-electron chi connectivity index (χ0n) is 8.02. The van der Waals surface area contributed by atoms with Gasteiger partial charge in [0.15, 0.2) is 0 Å². The maximum absolute atomic E-state index is 2.35. The molecule has 0 amide bonds. The van der Waals surface area contributed by atoms with E-state index >= 15 is 0 Å². The minimum atomic E-state index is 0.431. The molecule has 0 bridgehead atoms. The molecule has 1 atom stereocenters. The lowest BCUT2D eigenvalue weighted by molar-refractivity contribution is 0.413. The first-order chi connectivity index (χ1) is 4.97. The first-order valence-corrected chi connectivity index (χ1v) is 4.36. The molecule has 0 heterocycles. The summed E-state index contributed by atoms with van der Waals surface area (Å²) >= 11 is 0. The standard InChI is InChI=1S/C11H18/c1-9-5-6-10(7-9)8-11(2,3)4/h5-7,9H,8H2,1-4H3. The maximum Gasteiger partial charge on any atom is -0.00728 e. The Bertz CT molecular complexity index is 189. The monoisotopic (exact) mass is 150 g/mol. The molecule has 0 heteroatoms. The minimum absolute atomic E-state index is 0.431. The Hall–Kier alpha value is -0.520. The van der Waals surface area contributed by atoms with Crippen LogP contribution < -0.4 is 0 Å². The SMILES string of the molecule is CC1C=CC(CC(C)(C)C)=C1. The number of rotatable bonds is 1. The highest BCUT2D eigenvalue weighted by molar-refractivity contribution is 5.28. The van der Waals surface area contributed by atoms with E-state index in [0.717, 1.165) is 0 Å². The van der Waals surface area contributed by atoms with Gasteiger partial charge in [-0.15, -0.1) is 0 Å². The lowest BCUT2D eigenvalue weighted by Gasteiger charge is -2.17. The Balaban J connectivity index is 2.53. The largest absolute Gasteiger partial charge is 0.0776 e. The van der Waals surface area contributed by atoms with Crippen LogP contribution in [0, 0.1) is 11.3 Å². The molecule has 0 saturated heterocycles. The van der Waals surface area contributed by atoms with Crippen molar-refractivity contribution in [1.29, 1.82) is 0 Å². The summed E-state index contributed by atoms with van der Waals surface area (Å²) in [6.07, 6.45) is 8.08. The van der Waals surface area contributed by atoms with Crippen LogP contribution in [0.3, 0.4) is 0 Å². The van der Waals surface area contributed by atoms with Crippen LogP contribution in [-0.4, -0.2) is 0 Å². The summed E-state index contributed by atoms with van der Waals surface area (Å²) in [7, 11) is 0. The molecule has 62 valence electrons. The van der Waals surface area contributed by atoms with E-state index in [1.165, 1.54) is 12.0 Å². The molecule has 0 aromatic heterocycles. The van der Waals surface area contributed by atoms with E-state index in [1.54, 1.807) is 0 Å². The van der Waals surface area contributed by atoms with E-state index < -0.39 is 0 Å². The van der Waals surface area contributed by atoms with Crippen LogP contribution in [-0.2, 0) is 0 Å². The molecular formula is C11H18. The van der Waals surface area contributed by atoms with Crippen LogP contribution in [0.5, 0.6) is 0 Å². The molecule has 1 aliphatic carbocycles. The van der Waals surface area contributed by atoms with E-state index in [9.17, 15) is 0 Å². The van der Waals surface area contributed by atoms with Crippen molar-refractivity contribution in [1.82, 2.24) is 0 Å². The smallest absolute Gasteiger partial charge is 0.00728 e. The summed E-state index contributed by atoms with van der Waals surface area (Å²) in [4.78, 5) is 0. The highest BCUT2D eigenvalue weighted by Gasteiger charge is 2.14. The van der Waals surface area contributed by atoms with Crippen molar-refractivity contribution in [3.05, 3.63) is 23.8 Å². The molecule has 0 saturated carbocycles. The van der Waals surface area contributed by atoms with Crippen molar-refractivity contribution in [2.45, 2.75) is 34.1 Å². The van der Waals surface area contributed by atoms with E-state index in [4.69, 9.17) is 0 Å². The summed E-state index contributed by atoms with van der Waals surface area (Å²) in [6.45, 7) is 9.08. The summed E-state index contributed by atoms with van der Waals surface area (Å²) in [6, 6.07) is 0. The fourth-order valence-corrected chi connectivity index (χ4v) is 1.45. The number of allylic oxidation sites excluding steroid dienone is 4. The average Bonchev–Trinajstić information content (AvgIpc) is 2.10. The Morgan fingerprint density at radius 1 is 1.36 bits per heavy atom. The van der Waals surface area contributed by atoms with Gasteiger partial charge in [-0.2, -0.15) is 0 Å². The second kappa shape index (κ2) is 2.84. The van der Waals surface area contributed by atoms with Gasteiger partial charge < -0.3 is 0 Å². The molecule has 0 aromatic rings. The van der Waals surface area contributed by atoms with Gasteiger partial charge in [-0.25, -0.2) is 0 Å². The molecule has 0 spiro atoms. The van der Waals surface area contributed by atoms with Crippen LogP contribution >= 0.6 is 0 Å². The van der Waals surface area contributed by atoms with E-state index in [0.29, 0.717) is 11.3 Å². The lowest BCUT2D eigenvalue weighted by Crippen LogP contribution is -2.04. The first-order valence-electron chi connectivity index (χ1n) is 4.36. The molecule has 0 nitrogen and oxygen atoms in total. The Morgan fingerprint density at radius 3 is 2.36 bits per heavy atom. The molecular weight excluding hydrogens is 132 g/mol. The molecule has 1 unspecified atom stereocenters. The Kier molecular flexibility index (Phi) is 2.22. The van der Waals surface area contributed by atoms with Gasteiger partial charge in [0, 0.05) is 0 Å². The summed E-state index contributed by atoms with van der Waals surface area (Å²) < 4.78 is 0. The second-order valence-corrected chi connectivity index (χ2v) is 4.70. The van der Waals surface area contributed by atoms with E-state index in [-0.39, 0.29) is 0 Å². The molecule has 0 radical (unpaired) electrons. The van der Waals surface area contributed by atoms with Gasteiger partial charge in [-0.3, -0.25) is 0 Å². The molecule has 0 aromatic carbocycles. The number of hydrogen-bond donors (Lipinski definition) is 0. The normalized spacial score (nSPS) is 24.0. The van der Waals surface area contributed by atoms with Gasteiger partial charge in [-0.05, 0) is 17.8 Å². The van der Waals surface area contributed by atoms with Gasteiger partial charge in [0.25, 0.3) is 0 Å². The highest BCUT2D eigenvalue weighted by atomic mass is 14.2. The van der Waals surface area contributed by atoms with Crippen molar-refractivity contribution >= 4 is 0 Å². The summed E-state index contributed by atoms with van der Waals surface area (Å²) in [5.74, 6) is 0.660. The quantitative estimate of drug-likeness (QED) is 0.536. The number of hydrogen-bond acceptors (Lipinski definition) is 0. The van der Waals surface area contributed by atoms with Crippen LogP contribution in [0.25, 0.3) is 0 Å². The predicted molar refractivity (Wildman–Crippen MR) is 50.5 cm³/mol. The fourth-order valence-electron chi connectivity index (χ4n) is 1.45. The molecule has 11 heavy (non-hydrogen) atoms. The average molecular weight is 150 g/mol. The minimum Gasteiger partial charge on any atom is -0.0776 e. The van der Waals surface area contributed by atoms with Crippen molar-refractivity contribution in [2.75, 3.05) is 0 Å². The van der Waals surface area contributed by atoms with Crippen LogP contribution in [0.2, 0.25) is 0 Å². The third-order valence-corrected chi connectivity index (χ3v) is 1.83. The second-order valence-electron chi connectivity index (χ2n) is 4.70. The molecule has 1 rings (SSSR count). The van der Waals surface area contributed by atoms with Gasteiger partial charge >= 0.3 is 0 Å². The molecule has 0 fully saturated rings. The van der Waals surface area contributed by atoms with Gasteiger partial charge in [0.2, 0.25) is 0 Å². The molecule has 0 aliphatic heterocycles. The highest BCUT2D eigenvalue weighted by Crippen LogP contribution is 2.28. The molecule has 0 N–H and O–H groups in total. The topological polar surface area (TPSA) is 0 Å². The zero-order chi connectivity index (χ0) is 8.48. The van der Waals surface area contributed by atoms with Crippen LogP contribution in [0.15, 0.2) is 23.8 Å². The first kappa shape index (κ1) is 8.58. The lowest BCUT2D eigenvalue weighted by atomic mass is 9.88. The van der Waals surface area contributed by atoms with Crippen molar-refractivity contribution in [3.8, 4) is 0 Å². The maximum atomic E-state index is 2.35. The van der Waals surface area contributed by atoms with E-state index in [1.807, 2.05) is 0 Å². The van der Waals surface area contributed by atoms with Crippen LogP contribution in [0.4, 0.5) is 0 Å². The summed E-state index contributed by atoms with van der Waals surface area (Å²) in [5.41, 5.74) is 1.94. The zero-order valence-corrected chi connectivity index (χ0v) is 8.02. The predicted octanol–water partition coefficient (Wildman–Crippen LogP) is 3.55. The fraction of sp³-hybridized carbons (Fsp3) is 0.636. The Labute approximate surface area is 70.0 Å². The van der Waals surface area contributed by atoms with Gasteiger partial charge in [-0.1, -0.05) is 51.5 Å². The van der Waals surface area contributed by atoms with E-state index in [2.05, 4.69) is 45.9 Å². The van der Waals surface area contributed by atoms with Gasteiger partial charge in [0.1, 0.15) is 0 Å². The van der Waals surface area contributed by atoms with Crippen molar-refractivity contribution in [2.24, 2.45) is 11.3 Å². The third-order valence-electron chi connectivity index (χ3n) is 1.83.